The third-order valence-electron chi connectivity index (χ3n) is 3.71. The normalized spacial score (nSPS) is 19.0. The number of hydrogen-bond acceptors (Lipinski definition) is 3. The van der Waals surface area contributed by atoms with E-state index in [-0.39, 0.29) is 6.54 Å². The Morgan fingerprint density at radius 2 is 1.96 bits per heavy atom. The van der Waals surface area contributed by atoms with Crippen molar-refractivity contribution in [2.45, 2.75) is 19.1 Å². The molecule has 7 heteroatoms. The Hall–Kier alpha value is -2.24. The van der Waals surface area contributed by atoms with E-state index < -0.39 is 17.4 Å². The molecule has 5 nitrogen and oxygen atoms in total. The van der Waals surface area contributed by atoms with Gasteiger partial charge in [0.2, 0.25) is 0 Å². The number of carbonyl (C=O) groups excluding carboxylic acids is 2. The van der Waals surface area contributed by atoms with Crippen LogP contribution in [0.5, 0.6) is 5.75 Å². The van der Waals surface area contributed by atoms with Gasteiger partial charge in [-0.15, -0.1) is 0 Å². The summed E-state index contributed by atoms with van der Waals surface area (Å²) in [5, 5.41) is 6.39. The first-order chi connectivity index (χ1) is 11.4. The number of ether oxygens (including phenoxy) is 1. The van der Waals surface area contributed by atoms with E-state index in [0.717, 1.165) is 5.56 Å². The van der Waals surface area contributed by atoms with Crippen molar-refractivity contribution < 1.29 is 14.3 Å². The topological polar surface area (TPSA) is 67.4 Å². The molecule has 2 aromatic carbocycles. The van der Waals surface area contributed by atoms with Gasteiger partial charge in [-0.25, -0.2) is 0 Å². The van der Waals surface area contributed by atoms with Gasteiger partial charge in [-0.2, -0.15) is 0 Å². The van der Waals surface area contributed by atoms with Crippen LogP contribution in [-0.4, -0.2) is 17.4 Å². The second-order valence-electron chi connectivity index (χ2n) is 5.54. The van der Waals surface area contributed by atoms with Gasteiger partial charge in [-0.3, -0.25) is 9.59 Å². The number of halogens is 2. The maximum atomic E-state index is 12.5. The fourth-order valence-electron chi connectivity index (χ4n) is 2.34. The minimum atomic E-state index is -1.67. The molecule has 2 aromatic rings. The monoisotopic (exact) mass is 364 g/mol. The Balaban J connectivity index is 1.76. The number of anilines is 1. The Bertz CT molecular complexity index is 825. The largest absolute Gasteiger partial charge is 0.466 e. The molecule has 2 N–H and O–H groups in total. The molecule has 124 valence electrons. The Labute approximate surface area is 148 Å². The summed E-state index contributed by atoms with van der Waals surface area (Å²) in [7, 11) is 0. The first-order valence-electron chi connectivity index (χ1n) is 7.21. The van der Waals surface area contributed by atoms with Gasteiger partial charge in [0.25, 0.3) is 17.4 Å². The first-order valence-corrected chi connectivity index (χ1v) is 7.97. The van der Waals surface area contributed by atoms with Crippen molar-refractivity contribution in [1.82, 2.24) is 5.32 Å². The fraction of sp³-hybridized carbons (Fsp3) is 0.176. The van der Waals surface area contributed by atoms with Crippen LogP contribution >= 0.6 is 23.2 Å². The highest BCUT2D eigenvalue weighted by Crippen LogP contribution is 2.35. The molecule has 0 aromatic heterocycles. The molecule has 1 aliphatic heterocycles. The van der Waals surface area contributed by atoms with Crippen LogP contribution in [0.2, 0.25) is 10.0 Å². The lowest BCUT2D eigenvalue weighted by molar-refractivity contribution is -0.146. The predicted molar refractivity (Wildman–Crippen MR) is 92.4 cm³/mol. The average Bonchev–Trinajstić information content (AvgIpc) is 2.54. The summed E-state index contributed by atoms with van der Waals surface area (Å²) in [6.45, 7) is 1.66. The molecule has 0 spiro atoms. The maximum absolute atomic E-state index is 12.5. The molecule has 2 amide bonds. The van der Waals surface area contributed by atoms with Crippen LogP contribution in [0.4, 0.5) is 5.69 Å². The Morgan fingerprint density at radius 3 is 2.71 bits per heavy atom. The van der Waals surface area contributed by atoms with Gasteiger partial charge in [0.1, 0.15) is 5.75 Å². The highest BCUT2D eigenvalue weighted by molar-refractivity contribution is 6.31. The van der Waals surface area contributed by atoms with E-state index in [0.29, 0.717) is 21.5 Å². The number of hydrogen-bond donors (Lipinski definition) is 2. The molecule has 1 heterocycles. The summed E-state index contributed by atoms with van der Waals surface area (Å²) in [5.41, 5.74) is -0.408. The number of rotatable bonds is 3. The van der Waals surface area contributed by atoms with E-state index in [1.165, 1.54) is 6.92 Å². The molecule has 0 saturated heterocycles. The molecular formula is C17H14Cl2N2O3. The van der Waals surface area contributed by atoms with Crippen LogP contribution in [0.15, 0.2) is 42.5 Å². The van der Waals surface area contributed by atoms with Gasteiger partial charge < -0.3 is 15.4 Å². The molecule has 0 radical (unpaired) electrons. The van der Waals surface area contributed by atoms with Crippen molar-refractivity contribution in [3.8, 4) is 5.75 Å². The van der Waals surface area contributed by atoms with Gasteiger partial charge in [-0.05, 0) is 42.8 Å². The van der Waals surface area contributed by atoms with Gasteiger partial charge in [0.05, 0.1) is 5.69 Å². The standard InChI is InChI=1S/C17H14Cl2N2O3/c1-17(15(22)20-9-10-3-2-4-11(18)7-10)16(23)21-13-8-12(19)5-6-14(13)24-17/h2-8H,9H2,1H3,(H,20,22)(H,21,23). The summed E-state index contributed by atoms with van der Waals surface area (Å²) < 4.78 is 5.65. The summed E-state index contributed by atoms with van der Waals surface area (Å²) in [5.74, 6) is -0.708. The fourth-order valence-corrected chi connectivity index (χ4v) is 2.73. The van der Waals surface area contributed by atoms with Crippen molar-refractivity contribution in [2.75, 3.05) is 5.32 Å². The van der Waals surface area contributed by atoms with E-state index in [9.17, 15) is 9.59 Å². The molecule has 1 aliphatic rings. The number of benzene rings is 2. The van der Waals surface area contributed by atoms with E-state index in [1.807, 2.05) is 6.07 Å². The zero-order chi connectivity index (χ0) is 17.3. The van der Waals surface area contributed by atoms with Gasteiger partial charge >= 0.3 is 0 Å². The van der Waals surface area contributed by atoms with Crippen LogP contribution in [0.1, 0.15) is 12.5 Å². The van der Waals surface area contributed by atoms with Crippen molar-refractivity contribution in [3.05, 3.63) is 58.1 Å². The first kappa shape index (κ1) is 16.6. The third kappa shape index (κ3) is 3.18. The lowest BCUT2D eigenvalue weighted by Gasteiger charge is -2.33. The van der Waals surface area contributed by atoms with Gasteiger partial charge in [-0.1, -0.05) is 35.3 Å². The van der Waals surface area contributed by atoms with E-state index in [1.54, 1.807) is 36.4 Å². The second-order valence-corrected chi connectivity index (χ2v) is 6.42. The molecule has 0 bridgehead atoms. The summed E-state index contributed by atoms with van der Waals surface area (Å²) in [6, 6.07) is 11.9. The molecule has 1 unspecified atom stereocenters. The third-order valence-corrected chi connectivity index (χ3v) is 4.18. The molecule has 0 fully saturated rings. The highest BCUT2D eigenvalue weighted by atomic mass is 35.5. The smallest absolute Gasteiger partial charge is 0.278 e. The minimum Gasteiger partial charge on any atom is -0.466 e. The van der Waals surface area contributed by atoms with Gasteiger partial charge in [0, 0.05) is 16.6 Å². The number of carbonyl (C=O) groups is 2. The second kappa shape index (κ2) is 6.34. The molecular weight excluding hydrogens is 351 g/mol. The lowest BCUT2D eigenvalue weighted by Crippen LogP contribution is -2.58. The van der Waals surface area contributed by atoms with Crippen molar-refractivity contribution >= 4 is 40.7 Å². The van der Waals surface area contributed by atoms with E-state index >= 15 is 0 Å². The molecule has 24 heavy (non-hydrogen) atoms. The maximum Gasteiger partial charge on any atom is 0.278 e. The summed E-state index contributed by atoms with van der Waals surface area (Å²) >= 11 is 11.8. The zero-order valence-corrected chi connectivity index (χ0v) is 14.2. The SMILES string of the molecule is CC1(C(=O)NCc2cccc(Cl)c2)Oc2ccc(Cl)cc2NC1=O. The van der Waals surface area contributed by atoms with E-state index in [2.05, 4.69) is 10.6 Å². The van der Waals surface area contributed by atoms with Crippen molar-refractivity contribution in [2.24, 2.45) is 0 Å². The van der Waals surface area contributed by atoms with Crippen LogP contribution in [0, 0.1) is 0 Å². The Morgan fingerprint density at radius 1 is 1.21 bits per heavy atom. The van der Waals surface area contributed by atoms with Crippen LogP contribution in [0.25, 0.3) is 0 Å². The average molecular weight is 365 g/mol. The number of nitrogens with one attached hydrogen (secondary N) is 2. The van der Waals surface area contributed by atoms with Crippen LogP contribution < -0.4 is 15.4 Å². The highest BCUT2D eigenvalue weighted by Gasteiger charge is 2.47. The van der Waals surface area contributed by atoms with Crippen LogP contribution in [-0.2, 0) is 16.1 Å². The van der Waals surface area contributed by atoms with Crippen molar-refractivity contribution in [3.63, 3.8) is 0 Å². The van der Waals surface area contributed by atoms with Crippen LogP contribution in [0.3, 0.4) is 0 Å². The molecule has 3 rings (SSSR count). The Kier molecular flexibility index (Phi) is 4.39. The molecule has 1 atom stereocenters. The molecule has 0 saturated carbocycles. The van der Waals surface area contributed by atoms with Crippen molar-refractivity contribution in [1.29, 1.82) is 0 Å². The number of amides is 2. The summed E-state index contributed by atoms with van der Waals surface area (Å²) in [4.78, 5) is 24.8. The zero-order valence-electron chi connectivity index (χ0n) is 12.7. The van der Waals surface area contributed by atoms with E-state index in [4.69, 9.17) is 27.9 Å². The number of fused-ring (bicyclic) bond motifs is 1. The minimum absolute atomic E-state index is 0.235. The quantitative estimate of drug-likeness (QED) is 0.820. The summed E-state index contributed by atoms with van der Waals surface area (Å²) in [6.07, 6.45) is 0. The lowest BCUT2D eigenvalue weighted by atomic mass is 10.0. The molecule has 0 aliphatic carbocycles. The predicted octanol–water partition coefficient (Wildman–Crippen LogP) is 3.40. The van der Waals surface area contributed by atoms with Gasteiger partial charge in [0.15, 0.2) is 0 Å².